The number of benzene rings is 3. The molecular weight excluding hydrogens is 365 g/mol. The Balaban J connectivity index is 2.13. The average Bonchev–Trinajstić information content (AvgIpc) is 2.70. The SMILES string of the molecule is CCCCc1ccc(-c2ccc(C(=O)O)cc2-c2cc(F)c(F)c(F)c2)cc1. The van der Waals surface area contributed by atoms with E-state index in [0.29, 0.717) is 11.1 Å². The zero-order valence-corrected chi connectivity index (χ0v) is 15.3. The van der Waals surface area contributed by atoms with Gasteiger partial charge in [-0.25, -0.2) is 18.0 Å². The van der Waals surface area contributed by atoms with Crippen molar-refractivity contribution in [2.75, 3.05) is 0 Å². The van der Waals surface area contributed by atoms with Gasteiger partial charge in [0, 0.05) is 0 Å². The van der Waals surface area contributed by atoms with Crippen LogP contribution in [-0.2, 0) is 6.42 Å². The number of aromatic carboxylic acids is 1. The lowest BCUT2D eigenvalue weighted by molar-refractivity contribution is 0.0697. The van der Waals surface area contributed by atoms with Gasteiger partial charge in [-0.15, -0.1) is 0 Å². The van der Waals surface area contributed by atoms with Crippen molar-refractivity contribution in [2.45, 2.75) is 26.2 Å². The monoisotopic (exact) mass is 384 g/mol. The van der Waals surface area contributed by atoms with E-state index in [0.717, 1.165) is 37.0 Å². The van der Waals surface area contributed by atoms with Gasteiger partial charge in [0.25, 0.3) is 0 Å². The first-order valence-electron chi connectivity index (χ1n) is 9.02. The summed E-state index contributed by atoms with van der Waals surface area (Å²) < 4.78 is 40.9. The molecule has 0 radical (unpaired) electrons. The zero-order valence-electron chi connectivity index (χ0n) is 15.3. The molecule has 0 saturated heterocycles. The minimum Gasteiger partial charge on any atom is -0.478 e. The van der Waals surface area contributed by atoms with E-state index in [9.17, 15) is 23.1 Å². The molecule has 0 aliphatic rings. The van der Waals surface area contributed by atoms with E-state index < -0.39 is 23.4 Å². The van der Waals surface area contributed by atoms with Gasteiger partial charge in [-0.05, 0) is 64.9 Å². The first-order chi connectivity index (χ1) is 13.4. The maximum atomic E-state index is 13.8. The third-order valence-corrected chi connectivity index (χ3v) is 4.65. The standard InChI is InChI=1S/C23H19F3O2/c1-2-3-4-14-5-7-15(8-6-14)18-10-9-16(23(27)28)11-19(18)17-12-20(24)22(26)21(25)13-17/h5-13H,2-4H2,1H3,(H,27,28). The molecular formula is C23H19F3O2. The number of hydrogen-bond donors (Lipinski definition) is 1. The fraction of sp³-hybridized carbons (Fsp3) is 0.174. The van der Waals surface area contributed by atoms with E-state index in [2.05, 4.69) is 6.92 Å². The quantitative estimate of drug-likeness (QED) is 0.494. The minimum atomic E-state index is -1.56. The molecule has 1 N–H and O–H groups in total. The second-order valence-electron chi connectivity index (χ2n) is 6.62. The molecule has 28 heavy (non-hydrogen) atoms. The molecule has 0 fully saturated rings. The summed E-state index contributed by atoms with van der Waals surface area (Å²) in [5.74, 6) is -5.36. The van der Waals surface area contributed by atoms with E-state index >= 15 is 0 Å². The Morgan fingerprint density at radius 1 is 0.857 bits per heavy atom. The minimum absolute atomic E-state index is 0.0246. The van der Waals surface area contributed by atoms with Crippen molar-refractivity contribution in [1.82, 2.24) is 0 Å². The van der Waals surface area contributed by atoms with E-state index in [1.165, 1.54) is 17.7 Å². The number of rotatable bonds is 6. The van der Waals surface area contributed by atoms with Gasteiger partial charge in [-0.2, -0.15) is 0 Å². The summed E-state index contributed by atoms with van der Waals surface area (Å²) in [5, 5.41) is 9.28. The molecule has 0 unspecified atom stereocenters. The Hall–Kier alpha value is -3.08. The first kappa shape index (κ1) is 19.7. The number of hydrogen-bond acceptors (Lipinski definition) is 1. The highest BCUT2D eigenvalue weighted by Gasteiger charge is 2.16. The van der Waals surface area contributed by atoms with Crippen molar-refractivity contribution >= 4 is 5.97 Å². The number of aryl methyl sites for hydroxylation is 1. The molecule has 2 nitrogen and oxygen atoms in total. The molecule has 3 rings (SSSR count). The highest BCUT2D eigenvalue weighted by molar-refractivity contribution is 5.93. The van der Waals surface area contributed by atoms with Gasteiger partial charge in [0.05, 0.1) is 5.56 Å². The maximum absolute atomic E-state index is 13.8. The molecule has 0 spiro atoms. The third-order valence-electron chi connectivity index (χ3n) is 4.65. The summed E-state index contributed by atoms with van der Waals surface area (Å²) in [6.07, 6.45) is 3.12. The van der Waals surface area contributed by atoms with Crippen LogP contribution in [-0.4, -0.2) is 11.1 Å². The molecule has 0 bridgehead atoms. The molecule has 0 heterocycles. The van der Waals surface area contributed by atoms with E-state index in [4.69, 9.17) is 0 Å². The predicted octanol–water partition coefficient (Wildman–Crippen LogP) is 6.48. The fourth-order valence-corrected chi connectivity index (χ4v) is 3.11. The van der Waals surface area contributed by atoms with Crippen molar-refractivity contribution in [3.63, 3.8) is 0 Å². The topological polar surface area (TPSA) is 37.3 Å². The van der Waals surface area contributed by atoms with E-state index in [1.807, 2.05) is 24.3 Å². The fourth-order valence-electron chi connectivity index (χ4n) is 3.11. The van der Waals surface area contributed by atoms with Gasteiger partial charge in [0.2, 0.25) is 0 Å². The van der Waals surface area contributed by atoms with Crippen molar-refractivity contribution in [3.05, 3.63) is 83.2 Å². The smallest absolute Gasteiger partial charge is 0.335 e. The second-order valence-corrected chi connectivity index (χ2v) is 6.62. The van der Waals surface area contributed by atoms with Crippen LogP contribution in [0.25, 0.3) is 22.3 Å². The van der Waals surface area contributed by atoms with Gasteiger partial charge in [-0.1, -0.05) is 43.7 Å². The molecule has 0 aliphatic carbocycles. The van der Waals surface area contributed by atoms with Gasteiger partial charge >= 0.3 is 5.97 Å². The van der Waals surface area contributed by atoms with Gasteiger partial charge < -0.3 is 5.11 Å². The number of carboxylic acid groups (broad SMARTS) is 1. The van der Waals surface area contributed by atoms with Crippen LogP contribution < -0.4 is 0 Å². The van der Waals surface area contributed by atoms with E-state index in [-0.39, 0.29) is 11.1 Å². The number of carbonyl (C=O) groups is 1. The summed E-state index contributed by atoms with van der Waals surface area (Å²) in [4.78, 5) is 11.4. The normalized spacial score (nSPS) is 10.9. The molecule has 5 heteroatoms. The van der Waals surface area contributed by atoms with Gasteiger partial charge in [0.1, 0.15) is 0 Å². The van der Waals surface area contributed by atoms with Crippen LogP contribution in [0.3, 0.4) is 0 Å². The Morgan fingerprint density at radius 3 is 2.07 bits per heavy atom. The third kappa shape index (κ3) is 4.09. The molecule has 0 aromatic heterocycles. The van der Waals surface area contributed by atoms with Crippen LogP contribution in [0.4, 0.5) is 13.2 Å². The molecule has 144 valence electrons. The summed E-state index contributed by atoms with van der Waals surface area (Å²) in [6, 6.07) is 13.9. The van der Waals surface area contributed by atoms with Crippen LogP contribution in [0.1, 0.15) is 35.7 Å². The Kier molecular flexibility index (Phi) is 5.83. The number of unbranched alkanes of at least 4 members (excludes halogenated alkanes) is 1. The van der Waals surface area contributed by atoms with Crippen LogP contribution in [0, 0.1) is 17.5 Å². The summed E-state index contributed by atoms with van der Waals surface area (Å²) >= 11 is 0. The lowest BCUT2D eigenvalue weighted by atomic mass is 9.92. The van der Waals surface area contributed by atoms with Gasteiger partial charge in [-0.3, -0.25) is 0 Å². The number of carboxylic acids is 1. The zero-order chi connectivity index (χ0) is 20.3. The van der Waals surface area contributed by atoms with Crippen LogP contribution in [0.15, 0.2) is 54.6 Å². The summed E-state index contributed by atoms with van der Waals surface area (Å²) in [5.41, 5.74) is 2.93. The van der Waals surface area contributed by atoms with Gasteiger partial charge in [0.15, 0.2) is 17.5 Å². The largest absolute Gasteiger partial charge is 0.478 e. The second kappa shape index (κ2) is 8.30. The Morgan fingerprint density at radius 2 is 1.50 bits per heavy atom. The Labute approximate surface area is 161 Å². The van der Waals surface area contributed by atoms with Crippen molar-refractivity contribution in [1.29, 1.82) is 0 Å². The highest BCUT2D eigenvalue weighted by Crippen LogP contribution is 2.34. The van der Waals surface area contributed by atoms with Crippen molar-refractivity contribution in [2.24, 2.45) is 0 Å². The molecule has 0 amide bonds. The van der Waals surface area contributed by atoms with E-state index in [1.54, 1.807) is 6.07 Å². The lowest BCUT2D eigenvalue weighted by Crippen LogP contribution is -1.99. The highest BCUT2D eigenvalue weighted by atomic mass is 19.2. The van der Waals surface area contributed by atoms with Crippen molar-refractivity contribution in [3.8, 4) is 22.3 Å². The molecule has 0 saturated carbocycles. The average molecular weight is 384 g/mol. The van der Waals surface area contributed by atoms with Crippen molar-refractivity contribution < 1.29 is 23.1 Å². The number of halogens is 3. The predicted molar refractivity (Wildman–Crippen MR) is 103 cm³/mol. The summed E-state index contributed by atoms with van der Waals surface area (Å²) in [7, 11) is 0. The molecule has 3 aromatic carbocycles. The first-order valence-corrected chi connectivity index (χ1v) is 9.02. The maximum Gasteiger partial charge on any atom is 0.335 e. The molecule has 0 atom stereocenters. The molecule has 3 aromatic rings. The van der Waals surface area contributed by atoms with Crippen LogP contribution in [0.2, 0.25) is 0 Å². The van der Waals surface area contributed by atoms with Crippen LogP contribution >= 0.6 is 0 Å². The molecule has 0 aliphatic heterocycles. The lowest BCUT2D eigenvalue weighted by Gasteiger charge is -2.13. The van der Waals surface area contributed by atoms with Crippen LogP contribution in [0.5, 0.6) is 0 Å². The Bertz CT molecular complexity index is 988. The summed E-state index contributed by atoms with van der Waals surface area (Å²) in [6.45, 7) is 2.12.